The molecule has 1 aliphatic heterocycles. The minimum Gasteiger partial charge on any atom is -0.486 e. The van der Waals surface area contributed by atoms with Gasteiger partial charge in [-0.05, 0) is 18.2 Å². The first-order valence-electron chi connectivity index (χ1n) is 7.11. The summed E-state index contributed by atoms with van der Waals surface area (Å²) in [6, 6.07) is 7.08. The largest absolute Gasteiger partial charge is 0.486 e. The van der Waals surface area contributed by atoms with E-state index in [4.69, 9.17) is 32.7 Å². The molecule has 5 nitrogen and oxygen atoms in total. The van der Waals surface area contributed by atoms with E-state index in [1.54, 1.807) is 12.1 Å². The highest BCUT2D eigenvalue weighted by Crippen LogP contribution is 2.37. The number of ether oxygens (including phenoxy) is 2. The summed E-state index contributed by atoms with van der Waals surface area (Å²) in [5.74, 6) is 0.281. The van der Waals surface area contributed by atoms with E-state index in [1.807, 2.05) is 0 Å². The summed E-state index contributed by atoms with van der Waals surface area (Å²) in [5, 5.41) is 6.04. The summed E-state index contributed by atoms with van der Waals surface area (Å²) in [6.07, 6.45) is 0. The van der Waals surface area contributed by atoms with Gasteiger partial charge in [-0.25, -0.2) is 4.39 Å². The number of carbonyl (C=O) groups excluding carboxylic acids is 1. The number of amides is 1. The second-order valence-corrected chi connectivity index (χ2v) is 5.82. The average Bonchev–Trinajstić information content (AvgIpc) is 2.55. The fourth-order valence-corrected chi connectivity index (χ4v) is 2.60. The van der Waals surface area contributed by atoms with Crippen molar-refractivity contribution in [1.29, 1.82) is 0 Å². The molecule has 0 aliphatic carbocycles. The average molecular weight is 371 g/mol. The van der Waals surface area contributed by atoms with Crippen LogP contribution in [0.3, 0.4) is 0 Å². The quantitative estimate of drug-likeness (QED) is 0.855. The van der Waals surface area contributed by atoms with Crippen molar-refractivity contribution in [2.45, 2.75) is 0 Å². The Kier molecular flexibility index (Phi) is 4.97. The van der Waals surface area contributed by atoms with Crippen LogP contribution >= 0.6 is 23.2 Å². The predicted octanol–water partition coefficient (Wildman–Crippen LogP) is 3.95. The van der Waals surface area contributed by atoms with Gasteiger partial charge in [0, 0.05) is 12.1 Å². The summed E-state index contributed by atoms with van der Waals surface area (Å²) in [5.41, 5.74) is 0.874. The molecule has 2 N–H and O–H groups in total. The molecule has 2 aromatic carbocycles. The summed E-state index contributed by atoms with van der Waals surface area (Å²) < 4.78 is 23.9. The van der Waals surface area contributed by atoms with Crippen LogP contribution in [0.2, 0.25) is 10.0 Å². The Morgan fingerprint density at radius 1 is 1.04 bits per heavy atom. The summed E-state index contributed by atoms with van der Waals surface area (Å²) in [7, 11) is 0. The lowest BCUT2D eigenvalue weighted by Gasteiger charge is -2.20. The van der Waals surface area contributed by atoms with Crippen molar-refractivity contribution in [3.05, 3.63) is 46.2 Å². The fourth-order valence-electron chi connectivity index (χ4n) is 2.16. The zero-order chi connectivity index (χ0) is 17.1. The van der Waals surface area contributed by atoms with Gasteiger partial charge in [0.1, 0.15) is 19.0 Å². The Morgan fingerprint density at radius 2 is 1.71 bits per heavy atom. The normalized spacial score (nSPS) is 12.6. The minimum atomic E-state index is -0.446. The van der Waals surface area contributed by atoms with Gasteiger partial charge >= 0.3 is 0 Å². The molecular formula is C16H13Cl2FN2O3. The standard InChI is InChI=1S/C16H13Cl2FN2O3/c17-10-5-9(19)1-2-12(10)20-8-16(22)21-13-7-15-14(6-11(13)18)23-3-4-24-15/h1-2,5-7,20H,3-4,8H2,(H,21,22). The molecule has 1 aliphatic rings. The number of halogens is 3. The smallest absolute Gasteiger partial charge is 0.243 e. The SMILES string of the molecule is O=C(CNc1ccc(F)cc1Cl)Nc1cc2c(cc1Cl)OCCO2. The molecule has 0 aromatic heterocycles. The van der Waals surface area contributed by atoms with Crippen molar-refractivity contribution in [3.8, 4) is 11.5 Å². The van der Waals surface area contributed by atoms with E-state index in [0.717, 1.165) is 0 Å². The van der Waals surface area contributed by atoms with Crippen LogP contribution < -0.4 is 20.1 Å². The van der Waals surface area contributed by atoms with E-state index in [9.17, 15) is 9.18 Å². The Labute approximate surface area is 147 Å². The first-order chi connectivity index (χ1) is 11.5. The number of carbonyl (C=O) groups is 1. The fraction of sp³-hybridized carbons (Fsp3) is 0.188. The summed E-state index contributed by atoms with van der Waals surface area (Å²) >= 11 is 12.0. The molecule has 0 radical (unpaired) electrons. The maximum Gasteiger partial charge on any atom is 0.243 e. The number of hydrogen-bond acceptors (Lipinski definition) is 4. The van der Waals surface area contributed by atoms with Gasteiger partial charge < -0.3 is 20.1 Å². The van der Waals surface area contributed by atoms with E-state index in [0.29, 0.717) is 41.1 Å². The number of benzene rings is 2. The van der Waals surface area contributed by atoms with Gasteiger partial charge in [0.25, 0.3) is 0 Å². The highest BCUT2D eigenvalue weighted by Gasteiger charge is 2.16. The maximum atomic E-state index is 13.0. The van der Waals surface area contributed by atoms with Crippen LogP contribution in [0, 0.1) is 5.82 Å². The highest BCUT2D eigenvalue weighted by molar-refractivity contribution is 6.34. The summed E-state index contributed by atoms with van der Waals surface area (Å²) in [6.45, 7) is 0.833. The Morgan fingerprint density at radius 3 is 2.42 bits per heavy atom. The lowest BCUT2D eigenvalue weighted by molar-refractivity contribution is -0.114. The van der Waals surface area contributed by atoms with Crippen molar-refractivity contribution in [2.24, 2.45) is 0 Å². The highest BCUT2D eigenvalue weighted by atomic mass is 35.5. The van der Waals surface area contributed by atoms with Crippen molar-refractivity contribution < 1.29 is 18.7 Å². The van der Waals surface area contributed by atoms with Crippen LogP contribution in [-0.4, -0.2) is 25.7 Å². The minimum absolute atomic E-state index is 0.0594. The molecule has 0 saturated heterocycles. The Balaban J connectivity index is 1.64. The topological polar surface area (TPSA) is 59.6 Å². The van der Waals surface area contributed by atoms with Gasteiger partial charge in [0.2, 0.25) is 5.91 Å². The molecule has 8 heteroatoms. The molecule has 0 fully saturated rings. The van der Waals surface area contributed by atoms with Crippen LogP contribution in [0.25, 0.3) is 0 Å². The van der Waals surface area contributed by atoms with Crippen LogP contribution in [0.1, 0.15) is 0 Å². The first kappa shape index (κ1) is 16.7. The van der Waals surface area contributed by atoms with Crippen molar-refractivity contribution in [1.82, 2.24) is 0 Å². The van der Waals surface area contributed by atoms with Crippen molar-refractivity contribution in [3.63, 3.8) is 0 Å². The molecule has 0 spiro atoms. The molecule has 0 unspecified atom stereocenters. The second kappa shape index (κ2) is 7.15. The lowest BCUT2D eigenvalue weighted by atomic mass is 10.2. The molecule has 0 bridgehead atoms. The molecule has 1 heterocycles. The molecule has 126 valence electrons. The van der Waals surface area contributed by atoms with Crippen LogP contribution in [0.4, 0.5) is 15.8 Å². The monoisotopic (exact) mass is 370 g/mol. The first-order valence-corrected chi connectivity index (χ1v) is 7.86. The lowest BCUT2D eigenvalue weighted by Crippen LogP contribution is -2.22. The second-order valence-electron chi connectivity index (χ2n) is 5.00. The van der Waals surface area contributed by atoms with Gasteiger partial charge in [0.05, 0.1) is 28.0 Å². The predicted molar refractivity (Wildman–Crippen MR) is 91.0 cm³/mol. The molecule has 0 atom stereocenters. The molecule has 0 saturated carbocycles. The van der Waals surface area contributed by atoms with Gasteiger partial charge in [0.15, 0.2) is 11.5 Å². The molecule has 1 amide bonds. The van der Waals surface area contributed by atoms with Crippen molar-refractivity contribution >= 4 is 40.5 Å². The summed E-state index contributed by atoms with van der Waals surface area (Å²) in [4.78, 5) is 12.1. The number of anilines is 2. The van der Waals surface area contributed by atoms with E-state index in [-0.39, 0.29) is 17.5 Å². The van der Waals surface area contributed by atoms with Gasteiger partial charge in [-0.3, -0.25) is 4.79 Å². The third-order valence-corrected chi connectivity index (χ3v) is 3.90. The van der Waals surface area contributed by atoms with Crippen LogP contribution in [0.15, 0.2) is 30.3 Å². The third kappa shape index (κ3) is 3.83. The number of hydrogen-bond donors (Lipinski definition) is 2. The van der Waals surface area contributed by atoms with Gasteiger partial charge in [-0.2, -0.15) is 0 Å². The molecular weight excluding hydrogens is 358 g/mol. The molecule has 24 heavy (non-hydrogen) atoms. The molecule has 2 aromatic rings. The third-order valence-electron chi connectivity index (χ3n) is 3.28. The Hall–Kier alpha value is -2.18. The van der Waals surface area contributed by atoms with E-state index >= 15 is 0 Å². The van der Waals surface area contributed by atoms with Gasteiger partial charge in [-0.1, -0.05) is 23.2 Å². The van der Waals surface area contributed by atoms with E-state index in [2.05, 4.69) is 10.6 Å². The maximum absolute atomic E-state index is 13.0. The number of fused-ring (bicyclic) bond motifs is 1. The van der Waals surface area contributed by atoms with Gasteiger partial charge in [-0.15, -0.1) is 0 Å². The molecule has 3 rings (SSSR count). The van der Waals surface area contributed by atoms with Crippen LogP contribution in [0.5, 0.6) is 11.5 Å². The number of nitrogens with one attached hydrogen (secondary N) is 2. The van der Waals surface area contributed by atoms with Crippen molar-refractivity contribution in [2.75, 3.05) is 30.4 Å². The Bertz CT molecular complexity index is 786. The van der Waals surface area contributed by atoms with E-state index < -0.39 is 5.82 Å². The zero-order valence-electron chi connectivity index (χ0n) is 12.4. The van der Waals surface area contributed by atoms with Crippen LogP contribution in [-0.2, 0) is 4.79 Å². The zero-order valence-corrected chi connectivity index (χ0v) is 13.9. The van der Waals surface area contributed by atoms with E-state index in [1.165, 1.54) is 18.2 Å². The number of rotatable bonds is 4.